The molecule has 5 N–H and O–H groups in total. The van der Waals surface area contributed by atoms with Gasteiger partial charge in [0.1, 0.15) is 0 Å². The Kier molecular flexibility index (Phi) is 11.4. The van der Waals surface area contributed by atoms with E-state index in [-0.39, 0.29) is 24.2 Å². The van der Waals surface area contributed by atoms with Crippen molar-refractivity contribution >= 4 is 12.1 Å². The molecule has 0 rings (SSSR count). The molecule has 0 aromatic rings. The molecule has 7 nitrogen and oxygen atoms in total. The van der Waals surface area contributed by atoms with E-state index in [1.165, 1.54) is 0 Å². The van der Waals surface area contributed by atoms with Crippen LogP contribution in [0.25, 0.3) is 0 Å². The van der Waals surface area contributed by atoms with Gasteiger partial charge in [-0.25, -0.2) is 9.59 Å². The first-order chi connectivity index (χ1) is 9.97. The van der Waals surface area contributed by atoms with Gasteiger partial charge in [-0.15, -0.1) is 0 Å². The van der Waals surface area contributed by atoms with Gasteiger partial charge in [0.25, 0.3) is 0 Å². The van der Waals surface area contributed by atoms with Crippen LogP contribution in [0.5, 0.6) is 0 Å². The third-order valence-electron chi connectivity index (χ3n) is 3.08. The summed E-state index contributed by atoms with van der Waals surface area (Å²) in [6, 6.07) is -0.287. The van der Waals surface area contributed by atoms with Crippen LogP contribution in [0.15, 0.2) is 0 Å². The quantitative estimate of drug-likeness (QED) is 0.457. The lowest BCUT2D eigenvalue weighted by molar-refractivity contribution is 0.152. The van der Waals surface area contributed by atoms with E-state index in [1.54, 1.807) is 6.92 Å². The van der Waals surface area contributed by atoms with Crippen molar-refractivity contribution in [1.29, 1.82) is 0 Å². The van der Waals surface area contributed by atoms with Crippen molar-refractivity contribution in [3.8, 4) is 0 Å². The highest BCUT2D eigenvalue weighted by Crippen LogP contribution is 1.98. The first-order valence-corrected chi connectivity index (χ1v) is 7.68. The summed E-state index contributed by atoms with van der Waals surface area (Å²) in [7, 11) is 0. The number of unbranched alkanes of at least 4 members (excludes halogenated alkanes) is 3. The minimum atomic E-state index is -0.362. The number of nitrogens with one attached hydrogen (secondary N) is 3. The van der Waals surface area contributed by atoms with Gasteiger partial charge in [-0.3, -0.25) is 0 Å². The number of hydrogen-bond acceptors (Lipinski definition) is 4. The van der Waals surface area contributed by atoms with E-state index in [9.17, 15) is 9.59 Å². The van der Waals surface area contributed by atoms with Gasteiger partial charge in [0.05, 0.1) is 6.61 Å². The molecular formula is C14H30N4O3. The SMILES string of the molecule is CCOC(=O)NCCCCCCNC(=O)NC(C)C(C)N. The van der Waals surface area contributed by atoms with Gasteiger partial charge in [-0.2, -0.15) is 0 Å². The van der Waals surface area contributed by atoms with Gasteiger partial charge in [0.2, 0.25) is 0 Å². The topological polar surface area (TPSA) is 105 Å². The Morgan fingerprint density at radius 2 is 1.62 bits per heavy atom. The standard InChI is InChI=1S/C14H30N4O3/c1-4-21-14(20)17-10-8-6-5-7-9-16-13(19)18-12(3)11(2)15/h11-12H,4-10,15H2,1-3H3,(H,17,20)(H2,16,18,19). The number of rotatable bonds is 10. The van der Waals surface area contributed by atoms with Crippen molar-refractivity contribution < 1.29 is 14.3 Å². The average Bonchev–Trinajstić information content (AvgIpc) is 2.41. The first-order valence-electron chi connectivity index (χ1n) is 7.68. The smallest absolute Gasteiger partial charge is 0.407 e. The van der Waals surface area contributed by atoms with Crippen LogP contribution >= 0.6 is 0 Å². The first kappa shape index (κ1) is 19.5. The molecule has 21 heavy (non-hydrogen) atoms. The number of nitrogens with two attached hydrogens (primary N) is 1. The largest absolute Gasteiger partial charge is 0.450 e. The second-order valence-corrected chi connectivity index (χ2v) is 5.11. The van der Waals surface area contributed by atoms with Crippen molar-refractivity contribution in [3.63, 3.8) is 0 Å². The van der Waals surface area contributed by atoms with Crippen LogP contribution in [0.2, 0.25) is 0 Å². The van der Waals surface area contributed by atoms with Crippen LogP contribution in [0.3, 0.4) is 0 Å². The highest BCUT2D eigenvalue weighted by atomic mass is 16.5. The molecule has 0 aliphatic rings. The number of hydrogen-bond donors (Lipinski definition) is 4. The summed E-state index contributed by atoms with van der Waals surface area (Å²) in [4.78, 5) is 22.5. The van der Waals surface area contributed by atoms with Crippen molar-refractivity contribution in [3.05, 3.63) is 0 Å². The van der Waals surface area contributed by atoms with Crippen LogP contribution in [0.1, 0.15) is 46.5 Å². The third kappa shape index (κ3) is 12.0. The summed E-state index contributed by atoms with van der Waals surface area (Å²) in [6.07, 6.45) is 3.48. The molecule has 0 aromatic carbocycles. The highest BCUT2D eigenvalue weighted by molar-refractivity contribution is 5.74. The van der Waals surface area contributed by atoms with Gasteiger partial charge < -0.3 is 26.4 Å². The Bertz CT molecular complexity index is 298. The number of carbonyl (C=O) groups is 2. The molecule has 7 heteroatoms. The van der Waals surface area contributed by atoms with Crippen LogP contribution in [-0.4, -0.2) is 43.9 Å². The van der Waals surface area contributed by atoms with Crippen LogP contribution < -0.4 is 21.7 Å². The van der Waals surface area contributed by atoms with E-state index in [2.05, 4.69) is 16.0 Å². The van der Waals surface area contributed by atoms with E-state index in [4.69, 9.17) is 10.5 Å². The molecule has 3 amide bonds. The van der Waals surface area contributed by atoms with Crippen molar-refractivity contribution in [1.82, 2.24) is 16.0 Å². The Morgan fingerprint density at radius 1 is 1.05 bits per heavy atom. The summed E-state index contributed by atoms with van der Waals surface area (Å²) in [5.41, 5.74) is 5.67. The maximum atomic E-state index is 11.5. The fraction of sp³-hybridized carbons (Fsp3) is 0.857. The Morgan fingerprint density at radius 3 is 2.14 bits per heavy atom. The van der Waals surface area contributed by atoms with Crippen LogP contribution in [0.4, 0.5) is 9.59 Å². The summed E-state index contributed by atoms with van der Waals surface area (Å²) in [5, 5.41) is 8.25. The van der Waals surface area contributed by atoms with Crippen LogP contribution in [-0.2, 0) is 4.74 Å². The summed E-state index contributed by atoms with van der Waals surface area (Å²) >= 11 is 0. The van der Waals surface area contributed by atoms with E-state index in [0.717, 1.165) is 25.7 Å². The Hall–Kier alpha value is -1.50. The lowest BCUT2D eigenvalue weighted by Crippen LogP contribution is -2.48. The minimum Gasteiger partial charge on any atom is -0.450 e. The third-order valence-corrected chi connectivity index (χ3v) is 3.08. The lowest BCUT2D eigenvalue weighted by atomic mass is 10.2. The van der Waals surface area contributed by atoms with E-state index < -0.39 is 0 Å². The second-order valence-electron chi connectivity index (χ2n) is 5.11. The molecule has 2 unspecified atom stereocenters. The van der Waals surface area contributed by atoms with Crippen molar-refractivity contribution in [2.75, 3.05) is 19.7 Å². The monoisotopic (exact) mass is 302 g/mol. The van der Waals surface area contributed by atoms with Gasteiger partial charge in [0.15, 0.2) is 0 Å². The fourth-order valence-electron chi connectivity index (χ4n) is 1.57. The normalized spacial score (nSPS) is 13.1. The van der Waals surface area contributed by atoms with E-state index in [0.29, 0.717) is 19.7 Å². The molecule has 124 valence electrons. The second kappa shape index (κ2) is 12.3. The van der Waals surface area contributed by atoms with Gasteiger partial charge in [0, 0.05) is 25.2 Å². The zero-order valence-corrected chi connectivity index (χ0v) is 13.4. The molecule has 0 heterocycles. The number of urea groups is 1. The average molecular weight is 302 g/mol. The maximum absolute atomic E-state index is 11.5. The lowest BCUT2D eigenvalue weighted by Gasteiger charge is -2.17. The van der Waals surface area contributed by atoms with Gasteiger partial charge >= 0.3 is 12.1 Å². The maximum Gasteiger partial charge on any atom is 0.407 e. The molecule has 0 saturated heterocycles. The molecule has 0 bridgehead atoms. The predicted molar refractivity (Wildman–Crippen MR) is 83.1 cm³/mol. The van der Waals surface area contributed by atoms with Crippen molar-refractivity contribution in [2.24, 2.45) is 5.73 Å². The molecule has 0 aliphatic heterocycles. The molecule has 0 saturated carbocycles. The van der Waals surface area contributed by atoms with E-state index >= 15 is 0 Å². The van der Waals surface area contributed by atoms with Crippen LogP contribution in [0, 0.1) is 0 Å². The van der Waals surface area contributed by atoms with Crippen molar-refractivity contribution in [2.45, 2.75) is 58.5 Å². The Labute approximate surface area is 127 Å². The Balaban J connectivity index is 3.36. The number of amides is 3. The van der Waals surface area contributed by atoms with Gasteiger partial charge in [-0.1, -0.05) is 12.8 Å². The fourth-order valence-corrected chi connectivity index (χ4v) is 1.57. The molecule has 0 radical (unpaired) electrons. The summed E-state index contributed by atoms with van der Waals surface area (Å²) in [5.74, 6) is 0. The summed E-state index contributed by atoms with van der Waals surface area (Å²) < 4.78 is 4.75. The van der Waals surface area contributed by atoms with Gasteiger partial charge in [-0.05, 0) is 33.6 Å². The number of ether oxygens (including phenoxy) is 1. The molecular weight excluding hydrogens is 272 g/mol. The summed E-state index contributed by atoms with van der Waals surface area (Å²) in [6.45, 7) is 7.16. The predicted octanol–water partition coefficient (Wildman–Crippen LogP) is 1.33. The zero-order valence-electron chi connectivity index (χ0n) is 13.4. The zero-order chi connectivity index (χ0) is 16.1. The van der Waals surface area contributed by atoms with E-state index in [1.807, 2.05) is 13.8 Å². The minimum absolute atomic E-state index is 0.0426. The number of alkyl carbamates (subject to hydrolysis) is 1. The molecule has 0 fully saturated rings. The highest BCUT2D eigenvalue weighted by Gasteiger charge is 2.09. The number of carbonyl (C=O) groups excluding carboxylic acids is 2. The molecule has 2 atom stereocenters. The molecule has 0 spiro atoms. The molecule has 0 aliphatic carbocycles. The molecule has 0 aromatic heterocycles.